The van der Waals surface area contributed by atoms with Gasteiger partial charge in [-0.2, -0.15) is 5.10 Å². The molecule has 0 bridgehead atoms. The second-order valence-electron chi connectivity index (χ2n) is 4.58. The van der Waals surface area contributed by atoms with E-state index in [-0.39, 0.29) is 24.2 Å². The van der Waals surface area contributed by atoms with Crippen molar-refractivity contribution >= 4 is 11.6 Å². The number of benzene rings is 1. The van der Waals surface area contributed by atoms with Crippen LogP contribution >= 0.6 is 0 Å². The van der Waals surface area contributed by atoms with Crippen molar-refractivity contribution in [2.75, 3.05) is 0 Å². The van der Waals surface area contributed by atoms with E-state index in [0.29, 0.717) is 5.82 Å². The normalized spacial score (nSPS) is 17.0. The number of H-pyrrole nitrogens is 1. The van der Waals surface area contributed by atoms with Gasteiger partial charge < -0.3 is 10.2 Å². The molecule has 0 unspecified atom stereocenters. The molecule has 0 spiro atoms. The third kappa shape index (κ3) is 2.78. The smallest absolute Gasteiger partial charge is 0.264 e. The van der Waals surface area contributed by atoms with Gasteiger partial charge in [-0.15, -0.1) is 0 Å². The highest BCUT2D eigenvalue weighted by Crippen LogP contribution is 2.21. The van der Waals surface area contributed by atoms with Crippen LogP contribution in [0.2, 0.25) is 0 Å². The number of rotatable bonds is 4. The van der Waals surface area contributed by atoms with Crippen molar-refractivity contribution in [3.05, 3.63) is 47.5 Å². The van der Waals surface area contributed by atoms with E-state index in [1.54, 1.807) is 0 Å². The summed E-state index contributed by atoms with van der Waals surface area (Å²) in [6, 6.07) is 3.50. The standard InChI is InChI=1S/C13H11F2N5O2/c14-7-2-1-3-8(15)12(7)9-4-10(22-20-9)13(21)16-5-11-17-6-18-19-11/h1-3,6,10H,4-5H2,(H,16,21)(H,17,18,19)/t10-/m0/s1. The molecule has 0 aliphatic carbocycles. The van der Waals surface area contributed by atoms with Gasteiger partial charge in [-0.05, 0) is 12.1 Å². The van der Waals surface area contributed by atoms with E-state index < -0.39 is 23.6 Å². The van der Waals surface area contributed by atoms with Gasteiger partial charge in [0.05, 0.1) is 17.8 Å². The first kappa shape index (κ1) is 14.1. The van der Waals surface area contributed by atoms with Crippen LogP contribution in [0.15, 0.2) is 29.7 Å². The van der Waals surface area contributed by atoms with E-state index in [4.69, 9.17) is 4.84 Å². The van der Waals surface area contributed by atoms with Crippen LogP contribution in [0.4, 0.5) is 8.78 Å². The van der Waals surface area contributed by atoms with E-state index in [0.717, 1.165) is 12.1 Å². The number of oxime groups is 1. The number of hydrogen-bond acceptors (Lipinski definition) is 5. The molecule has 0 fully saturated rings. The SMILES string of the molecule is O=C(NCc1ncn[nH]1)[C@@H]1CC(c2c(F)cccc2F)=NO1. The van der Waals surface area contributed by atoms with Gasteiger partial charge in [-0.1, -0.05) is 11.2 Å². The fraction of sp³-hybridized carbons (Fsp3) is 0.231. The Morgan fingerprint density at radius 1 is 1.41 bits per heavy atom. The molecule has 2 heterocycles. The summed E-state index contributed by atoms with van der Waals surface area (Å²) in [6.45, 7) is 0.141. The Bertz CT molecular complexity index is 697. The molecule has 0 saturated heterocycles. The number of amides is 1. The van der Waals surface area contributed by atoms with Crippen LogP contribution in [-0.2, 0) is 16.2 Å². The maximum Gasteiger partial charge on any atom is 0.264 e. The highest BCUT2D eigenvalue weighted by Gasteiger charge is 2.31. The van der Waals surface area contributed by atoms with Gasteiger partial charge in [0.1, 0.15) is 23.8 Å². The molecule has 9 heteroatoms. The first-order valence-corrected chi connectivity index (χ1v) is 6.44. The summed E-state index contributed by atoms with van der Waals surface area (Å²) in [7, 11) is 0. The largest absolute Gasteiger partial charge is 0.382 e. The zero-order valence-corrected chi connectivity index (χ0v) is 11.2. The quantitative estimate of drug-likeness (QED) is 0.877. The summed E-state index contributed by atoms with van der Waals surface area (Å²) >= 11 is 0. The van der Waals surface area contributed by atoms with Crippen LogP contribution in [-0.4, -0.2) is 32.9 Å². The molecule has 1 aromatic heterocycles. The summed E-state index contributed by atoms with van der Waals surface area (Å²) in [5, 5.41) is 12.4. The summed E-state index contributed by atoms with van der Waals surface area (Å²) < 4.78 is 27.3. The lowest BCUT2D eigenvalue weighted by Crippen LogP contribution is -2.34. The highest BCUT2D eigenvalue weighted by molar-refractivity contribution is 6.04. The minimum atomic E-state index is -0.933. The van der Waals surface area contributed by atoms with Gasteiger partial charge in [0, 0.05) is 6.42 Å². The van der Waals surface area contributed by atoms with E-state index in [2.05, 4.69) is 25.7 Å². The molecular weight excluding hydrogens is 296 g/mol. The van der Waals surface area contributed by atoms with Gasteiger partial charge in [0.2, 0.25) is 6.10 Å². The van der Waals surface area contributed by atoms with Crippen LogP contribution in [0.1, 0.15) is 17.8 Å². The number of aromatic amines is 1. The molecule has 0 saturated carbocycles. The molecule has 1 aliphatic rings. The number of halogens is 2. The molecule has 2 N–H and O–H groups in total. The Morgan fingerprint density at radius 3 is 2.86 bits per heavy atom. The summed E-state index contributed by atoms with van der Waals surface area (Å²) in [6.07, 6.45) is 0.368. The van der Waals surface area contributed by atoms with E-state index in [9.17, 15) is 13.6 Å². The van der Waals surface area contributed by atoms with E-state index >= 15 is 0 Å². The topological polar surface area (TPSA) is 92.3 Å². The Morgan fingerprint density at radius 2 is 2.18 bits per heavy atom. The lowest BCUT2D eigenvalue weighted by molar-refractivity contribution is -0.131. The van der Waals surface area contributed by atoms with Crippen LogP contribution in [0.5, 0.6) is 0 Å². The first-order chi connectivity index (χ1) is 10.6. The maximum atomic E-state index is 13.7. The van der Waals surface area contributed by atoms with Crippen molar-refractivity contribution in [3.63, 3.8) is 0 Å². The molecule has 1 aliphatic heterocycles. The van der Waals surface area contributed by atoms with Crippen molar-refractivity contribution in [1.29, 1.82) is 0 Å². The second kappa shape index (κ2) is 5.88. The predicted octanol–water partition coefficient (Wildman–Crippen LogP) is 0.892. The zero-order chi connectivity index (χ0) is 15.5. The van der Waals surface area contributed by atoms with Crippen molar-refractivity contribution < 1.29 is 18.4 Å². The minimum Gasteiger partial charge on any atom is -0.382 e. The van der Waals surface area contributed by atoms with Crippen molar-refractivity contribution in [2.45, 2.75) is 19.1 Å². The Labute approximate surface area is 123 Å². The van der Waals surface area contributed by atoms with Crippen LogP contribution in [0.25, 0.3) is 0 Å². The molecular formula is C13H11F2N5O2. The molecule has 2 aromatic rings. The predicted molar refractivity (Wildman–Crippen MR) is 70.6 cm³/mol. The average Bonchev–Trinajstić information content (AvgIpc) is 3.16. The van der Waals surface area contributed by atoms with Crippen LogP contribution in [0, 0.1) is 11.6 Å². The van der Waals surface area contributed by atoms with Gasteiger partial charge in [0.15, 0.2) is 0 Å². The molecule has 114 valence electrons. The van der Waals surface area contributed by atoms with E-state index in [1.807, 2.05) is 0 Å². The Hall–Kier alpha value is -2.84. The maximum absolute atomic E-state index is 13.7. The number of aromatic nitrogens is 3. The lowest BCUT2D eigenvalue weighted by atomic mass is 10.0. The monoisotopic (exact) mass is 307 g/mol. The third-order valence-electron chi connectivity index (χ3n) is 3.11. The van der Waals surface area contributed by atoms with Crippen molar-refractivity contribution in [2.24, 2.45) is 5.16 Å². The molecule has 1 aromatic carbocycles. The summed E-state index contributed by atoms with van der Waals surface area (Å²) in [5.74, 6) is -1.46. The molecule has 1 amide bonds. The molecule has 22 heavy (non-hydrogen) atoms. The average molecular weight is 307 g/mol. The fourth-order valence-corrected chi connectivity index (χ4v) is 2.04. The van der Waals surface area contributed by atoms with Gasteiger partial charge >= 0.3 is 0 Å². The number of nitrogens with one attached hydrogen (secondary N) is 2. The number of carbonyl (C=O) groups is 1. The zero-order valence-electron chi connectivity index (χ0n) is 11.2. The van der Waals surface area contributed by atoms with Crippen LogP contribution in [0.3, 0.4) is 0 Å². The second-order valence-corrected chi connectivity index (χ2v) is 4.58. The number of carbonyl (C=O) groups excluding carboxylic acids is 1. The Kier molecular flexibility index (Phi) is 3.77. The molecule has 3 rings (SSSR count). The van der Waals surface area contributed by atoms with Crippen molar-refractivity contribution in [1.82, 2.24) is 20.5 Å². The number of nitrogens with zero attached hydrogens (tertiary/aromatic N) is 3. The van der Waals surface area contributed by atoms with E-state index in [1.165, 1.54) is 12.4 Å². The molecule has 7 nitrogen and oxygen atoms in total. The molecule has 0 radical (unpaired) electrons. The minimum absolute atomic E-state index is 0.0138. The summed E-state index contributed by atoms with van der Waals surface area (Å²) in [5.41, 5.74) is -0.205. The van der Waals surface area contributed by atoms with Crippen molar-refractivity contribution in [3.8, 4) is 0 Å². The number of hydrogen-bond donors (Lipinski definition) is 2. The highest BCUT2D eigenvalue weighted by atomic mass is 19.1. The molecule has 1 atom stereocenters. The first-order valence-electron chi connectivity index (χ1n) is 6.44. The summed E-state index contributed by atoms with van der Waals surface area (Å²) in [4.78, 5) is 20.7. The van der Waals surface area contributed by atoms with Gasteiger partial charge in [0.25, 0.3) is 5.91 Å². The van der Waals surface area contributed by atoms with Gasteiger partial charge in [-0.3, -0.25) is 9.89 Å². The fourth-order valence-electron chi connectivity index (χ4n) is 2.04. The van der Waals surface area contributed by atoms with Gasteiger partial charge in [-0.25, -0.2) is 13.8 Å². The van der Waals surface area contributed by atoms with Crippen LogP contribution < -0.4 is 5.32 Å². The lowest BCUT2D eigenvalue weighted by Gasteiger charge is -2.08. The Balaban J connectivity index is 1.63. The third-order valence-corrected chi connectivity index (χ3v) is 3.11.